The number of ether oxygens (including phenoxy) is 3. The summed E-state index contributed by atoms with van der Waals surface area (Å²) in [6.07, 6.45) is -10.4. The van der Waals surface area contributed by atoms with Gasteiger partial charge < -0.3 is 34.6 Å². The van der Waals surface area contributed by atoms with E-state index in [4.69, 9.17) is 33.3 Å². The summed E-state index contributed by atoms with van der Waals surface area (Å²) in [5.74, 6) is -3.25. The number of carboxylic acids is 1. The zero-order valence-corrected chi connectivity index (χ0v) is 17.1. The Morgan fingerprint density at radius 3 is 2.52 bits per heavy atom. The van der Waals surface area contributed by atoms with Crippen LogP contribution in [-0.4, -0.2) is 94.3 Å². The molecular weight excluding hydrogens is 476 g/mol. The third kappa shape index (κ3) is 7.18. The van der Waals surface area contributed by atoms with Crippen molar-refractivity contribution < 1.29 is 75.4 Å². The molecule has 1 saturated heterocycles. The van der Waals surface area contributed by atoms with Crippen molar-refractivity contribution in [2.45, 2.75) is 50.0 Å². The van der Waals surface area contributed by atoms with Crippen LogP contribution in [0.3, 0.4) is 0 Å². The van der Waals surface area contributed by atoms with Crippen molar-refractivity contribution in [2.24, 2.45) is 5.92 Å². The maximum atomic E-state index is 11.2. The van der Waals surface area contributed by atoms with Gasteiger partial charge in [0.2, 0.25) is 12.0 Å². The van der Waals surface area contributed by atoms with E-state index in [0.29, 0.717) is 0 Å². The van der Waals surface area contributed by atoms with E-state index in [0.717, 1.165) is 6.08 Å². The lowest BCUT2D eigenvalue weighted by atomic mass is 9.92. The quantitative estimate of drug-likeness (QED) is 0.0627. The maximum Gasteiger partial charge on any atom is 0.397 e. The largest absolute Gasteiger partial charge is 0.475 e. The molecular formula is C13H20O16S2. The fourth-order valence-corrected chi connectivity index (χ4v) is 3.49. The average molecular weight is 496 g/mol. The van der Waals surface area contributed by atoms with Gasteiger partial charge in [0, 0.05) is 5.92 Å². The van der Waals surface area contributed by atoms with Crippen molar-refractivity contribution in [3.8, 4) is 0 Å². The molecule has 2 rings (SSSR count). The molecule has 2 heterocycles. The summed E-state index contributed by atoms with van der Waals surface area (Å²) >= 11 is 0.0783. The van der Waals surface area contributed by atoms with E-state index in [9.17, 15) is 28.5 Å². The predicted octanol–water partition coefficient (Wildman–Crippen LogP) is -2.04. The topological polar surface area (TPSA) is 237 Å². The highest BCUT2D eigenvalue weighted by Crippen LogP contribution is 2.34. The average Bonchev–Trinajstić information content (AvgIpc) is 2.68. The highest BCUT2D eigenvalue weighted by molar-refractivity contribution is 7.89. The highest BCUT2D eigenvalue weighted by atomic mass is 32.3. The van der Waals surface area contributed by atoms with Crippen molar-refractivity contribution in [3.63, 3.8) is 0 Å². The van der Waals surface area contributed by atoms with E-state index in [1.54, 1.807) is 0 Å². The first-order valence-electron chi connectivity index (χ1n) is 8.33. The number of aliphatic hydroxyl groups excluding tert-OH is 3. The maximum absolute atomic E-state index is 11.2. The Balaban J connectivity index is 2.28. The number of carboxylic acid groups (broad SMARTS) is 1. The van der Waals surface area contributed by atoms with Gasteiger partial charge >= 0.3 is 16.4 Å². The third-order valence-corrected chi connectivity index (χ3v) is 5.11. The third-order valence-electron chi connectivity index (χ3n) is 4.26. The second kappa shape index (κ2) is 11.1. The van der Waals surface area contributed by atoms with Gasteiger partial charge in [0.15, 0.2) is 18.6 Å². The van der Waals surface area contributed by atoms with Crippen molar-refractivity contribution in [3.05, 3.63) is 11.8 Å². The molecule has 0 aromatic carbocycles. The molecule has 2 aliphatic heterocycles. The van der Waals surface area contributed by atoms with Crippen LogP contribution in [-0.2, 0) is 47.1 Å². The van der Waals surface area contributed by atoms with Gasteiger partial charge in [0.1, 0.15) is 30.5 Å². The number of rotatable bonds is 10. The molecule has 0 bridgehead atoms. The number of hydrogen-bond acceptors (Lipinski definition) is 15. The first-order valence-corrected chi connectivity index (χ1v) is 10.4. The summed E-state index contributed by atoms with van der Waals surface area (Å²) in [5.41, 5.74) is 0. The second-order valence-corrected chi connectivity index (χ2v) is 7.87. The summed E-state index contributed by atoms with van der Waals surface area (Å²) in [7, 11) is -4.94. The second-order valence-electron chi connectivity index (χ2n) is 6.31. The van der Waals surface area contributed by atoms with Crippen LogP contribution in [0.15, 0.2) is 11.8 Å². The summed E-state index contributed by atoms with van der Waals surface area (Å²) < 4.78 is 59.9. The SMILES string of the molecule is CC1C(O)OC(COS(=O)(=O)O)[C@@H](O[C@@H]2OC(C(=O)O)=CC(O)[C@@H]2O)[C@@H]1OSOOO. The highest BCUT2D eigenvalue weighted by Gasteiger charge is 2.49. The molecule has 180 valence electrons. The van der Waals surface area contributed by atoms with Crippen LogP contribution in [0.5, 0.6) is 0 Å². The number of hydrogen-bond donors (Lipinski definition) is 6. The summed E-state index contributed by atoms with van der Waals surface area (Å²) in [5, 5.41) is 50.7. The Kier molecular flexibility index (Phi) is 9.39. The Hall–Kier alpha value is -1.13. The van der Waals surface area contributed by atoms with Crippen molar-refractivity contribution >= 4 is 28.7 Å². The zero-order chi connectivity index (χ0) is 23.3. The standard InChI is InChI=1S/C13H20O16S2/c1-4-9(27-30-29-28-19)10(7(24-12(4)18)3-23-31(20,21)22)26-13-8(15)5(14)2-6(25-13)11(16)17/h2,4-5,7-10,12-15,18-19H,3H2,1H3,(H,16,17)(H,20,21,22)/t4?,5?,7?,8-,9+,10+,12?,13-/m0/s1. The lowest BCUT2D eigenvalue weighted by Gasteiger charge is -2.44. The lowest BCUT2D eigenvalue weighted by Crippen LogP contribution is -2.59. The number of aliphatic hydroxyl groups is 3. The van der Waals surface area contributed by atoms with Crippen LogP contribution in [0.4, 0.5) is 0 Å². The molecule has 4 unspecified atom stereocenters. The van der Waals surface area contributed by atoms with Crippen LogP contribution in [0.25, 0.3) is 0 Å². The molecule has 16 nitrogen and oxygen atoms in total. The van der Waals surface area contributed by atoms with E-state index in [1.807, 2.05) is 0 Å². The Morgan fingerprint density at radius 2 is 1.94 bits per heavy atom. The van der Waals surface area contributed by atoms with E-state index < -0.39 is 77.8 Å². The van der Waals surface area contributed by atoms with Gasteiger partial charge in [-0.3, -0.25) is 8.74 Å². The van der Waals surface area contributed by atoms with Crippen LogP contribution >= 0.6 is 12.3 Å². The van der Waals surface area contributed by atoms with Crippen molar-refractivity contribution in [1.29, 1.82) is 0 Å². The molecule has 1 fully saturated rings. The van der Waals surface area contributed by atoms with Gasteiger partial charge in [-0.25, -0.2) is 14.2 Å². The Morgan fingerprint density at radius 1 is 1.26 bits per heavy atom. The molecule has 8 atom stereocenters. The molecule has 2 aliphatic rings. The molecule has 0 aromatic rings. The van der Waals surface area contributed by atoms with Gasteiger partial charge in [-0.05, 0) is 6.08 Å². The van der Waals surface area contributed by atoms with Gasteiger partial charge in [0.25, 0.3) is 0 Å². The van der Waals surface area contributed by atoms with E-state index in [1.165, 1.54) is 6.92 Å². The van der Waals surface area contributed by atoms with Crippen molar-refractivity contribution in [2.75, 3.05) is 6.61 Å². The molecule has 0 radical (unpaired) electrons. The number of aliphatic carboxylic acids is 1. The van der Waals surface area contributed by atoms with E-state index in [2.05, 4.69) is 13.6 Å². The van der Waals surface area contributed by atoms with E-state index >= 15 is 0 Å². The van der Waals surface area contributed by atoms with Crippen LogP contribution in [0.2, 0.25) is 0 Å². The fourth-order valence-electron chi connectivity index (χ4n) is 2.76. The molecule has 0 amide bonds. The first kappa shape index (κ1) is 26.1. The summed E-state index contributed by atoms with van der Waals surface area (Å²) in [6, 6.07) is 0. The smallest absolute Gasteiger partial charge is 0.397 e. The minimum absolute atomic E-state index is 0.0783. The van der Waals surface area contributed by atoms with Gasteiger partial charge in [0.05, 0.1) is 6.61 Å². The molecule has 0 spiro atoms. The minimum atomic E-state index is -4.94. The number of carbonyl (C=O) groups is 1. The molecule has 0 aliphatic carbocycles. The first-order chi connectivity index (χ1) is 14.4. The minimum Gasteiger partial charge on any atom is -0.475 e. The molecule has 0 saturated carbocycles. The van der Waals surface area contributed by atoms with Crippen molar-refractivity contribution in [1.82, 2.24) is 0 Å². The molecule has 18 heteroatoms. The fraction of sp³-hybridized carbons (Fsp3) is 0.769. The molecule has 0 aromatic heterocycles. The lowest BCUT2D eigenvalue weighted by molar-refractivity contribution is -0.435. The van der Waals surface area contributed by atoms with Crippen LogP contribution < -0.4 is 0 Å². The predicted molar refractivity (Wildman–Crippen MR) is 92.3 cm³/mol. The summed E-state index contributed by atoms with van der Waals surface area (Å²) in [6.45, 7) is 0.490. The summed E-state index contributed by atoms with van der Waals surface area (Å²) in [4.78, 5) is 11.2. The van der Waals surface area contributed by atoms with Crippen LogP contribution in [0, 0.1) is 5.92 Å². The van der Waals surface area contributed by atoms with Gasteiger partial charge in [-0.15, -0.1) is 4.33 Å². The Labute approximate surface area is 179 Å². The zero-order valence-electron chi connectivity index (χ0n) is 15.5. The van der Waals surface area contributed by atoms with E-state index in [-0.39, 0.29) is 12.3 Å². The molecule has 6 N–H and O–H groups in total. The van der Waals surface area contributed by atoms with Gasteiger partial charge in [-0.1, -0.05) is 12.0 Å². The van der Waals surface area contributed by atoms with Crippen LogP contribution in [0.1, 0.15) is 6.92 Å². The monoisotopic (exact) mass is 496 g/mol. The Bertz CT molecular complexity index is 742. The molecule has 31 heavy (non-hydrogen) atoms. The normalized spacial score (nSPS) is 36.5. The van der Waals surface area contributed by atoms with Gasteiger partial charge in [-0.2, -0.15) is 8.42 Å².